The molecule has 9 aromatic rings. The maximum Gasteiger partial charge on any atom is 0.135 e. The van der Waals surface area contributed by atoms with E-state index in [0.29, 0.717) is 0 Å². The van der Waals surface area contributed by atoms with Crippen LogP contribution in [0.5, 0.6) is 0 Å². The van der Waals surface area contributed by atoms with Crippen LogP contribution in [-0.2, 0) is 0 Å². The molecule has 1 N–H and O–H groups in total. The molecule has 10 rings (SSSR count). The molecular weight excluding hydrogens is 669 g/mol. The van der Waals surface area contributed by atoms with Crippen LogP contribution in [0.2, 0.25) is 0 Å². The Bertz CT molecular complexity index is 2930. The molecule has 3 heteroatoms. The molecule has 260 valence electrons. The minimum Gasteiger partial charge on any atom is -0.456 e. The van der Waals surface area contributed by atoms with Gasteiger partial charge in [-0.3, -0.25) is 4.98 Å². The summed E-state index contributed by atoms with van der Waals surface area (Å²) in [6, 6.07) is 61.2. The Morgan fingerprint density at radius 1 is 0.400 bits per heavy atom. The molecule has 55 heavy (non-hydrogen) atoms. The lowest BCUT2D eigenvalue weighted by Crippen LogP contribution is -2.08. The second-order valence-electron chi connectivity index (χ2n) is 14.1. The highest BCUT2D eigenvalue weighted by Crippen LogP contribution is 2.38. The molecule has 0 fully saturated rings. The number of benzene rings is 7. The van der Waals surface area contributed by atoms with Crippen LogP contribution in [0, 0.1) is 0 Å². The van der Waals surface area contributed by atoms with Crippen molar-refractivity contribution < 1.29 is 4.42 Å². The lowest BCUT2D eigenvalue weighted by atomic mass is 9.90. The van der Waals surface area contributed by atoms with E-state index in [2.05, 4.69) is 180 Å². The van der Waals surface area contributed by atoms with Gasteiger partial charge in [0.05, 0.1) is 0 Å². The van der Waals surface area contributed by atoms with E-state index in [0.717, 1.165) is 67.4 Å². The van der Waals surface area contributed by atoms with Gasteiger partial charge < -0.3 is 9.73 Å². The van der Waals surface area contributed by atoms with E-state index in [1.165, 1.54) is 39.0 Å². The number of hydrogen-bond acceptors (Lipinski definition) is 3. The van der Waals surface area contributed by atoms with Crippen molar-refractivity contribution >= 4 is 27.5 Å². The van der Waals surface area contributed by atoms with Crippen molar-refractivity contribution in [1.29, 1.82) is 0 Å². The fourth-order valence-electron chi connectivity index (χ4n) is 7.73. The van der Waals surface area contributed by atoms with Gasteiger partial charge in [-0.25, -0.2) is 0 Å². The topological polar surface area (TPSA) is 38.1 Å². The molecule has 1 aliphatic heterocycles. The van der Waals surface area contributed by atoms with Gasteiger partial charge in [0.2, 0.25) is 0 Å². The number of pyridine rings is 1. The summed E-state index contributed by atoms with van der Waals surface area (Å²) in [4.78, 5) is 4.35. The van der Waals surface area contributed by atoms with Gasteiger partial charge in [0.15, 0.2) is 0 Å². The Hall–Kier alpha value is -7.23. The second-order valence-corrected chi connectivity index (χ2v) is 14.1. The van der Waals surface area contributed by atoms with Crippen molar-refractivity contribution in [2.45, 2.75) is 0 Å². The van der Waals surface area contributed by atoms with Crippen molar-refractivity contribution in [2.75, 3.05) is 6.54 Å². The fourth-order valence-corrected chi connectivity index (χ4v) is 7.73. The smallest absolute Gasteiger partial charge is 0.135 e. The number of hydrogen-bond donors (Lipinski definition) is 1. The molecule has 3 nitrogen and oxygen atoms in total. The molecule has 0 amide bonds. The standard InChI is InChI=1S/C52H36N2O/c1-2-20-51-49(19-1)50-32-43(21-22-52(50)55-51)48-30-46(41-15-5-11-37(27-41)35-9-3-13-39(25-35)44-17-7-23-53-33-44)29-47(31-48)42-16-6-12-38(28-42)36-10-4-14-40(26-36)45-18-8-24-54-34-45/h1-23,25-34,54H,24H2. The Morgan fingerprint density at radius 2 is 0.891 bits per heavy atom. The van der Waals surface area contributed by atoms with Gasteiger partial charge in [0.25, 0.3) is 0 Å². The van der Waals surface area contributed by atoms with Crippen LogP contribution in [0.15, 0.2) is 205 Å². The molecule has 1 aliphatic rings. The zero-order valence-corrected chi connectivity index (χ0v) is 30.1. The molecule has 0 unspecified atom stereocenters. The van der Waals surface area contributed by atoms with E-state index in [1.54, 1.807) is 0 Å². The monoisotopic (exact) mass is 704 g/mol. The van der Waals surface area contributed by atoms with Gasteiger partial charge >= 0.3 is 0 Å². The first-order valence-corrected chi connectivity index (χ1v) is 18.7. The molecule has 0 radical (unpaired) electrons. The van der Waals surface area contributed by atoms with Crippen LogP contribution in [0.3, 0.4) is 0 Å². The van der Waals surface area contributed by atoms with E-state index in [4.69, 9.17) is 4.42 Å². The number of fused-ring (bicyclic) bond motifs is 3. The zero-order chi connectivity index (χ0) is 36.6. The van der Waals surface area contributed by atoms with Crippen LogP contribution < -0.4 is 5.32 Å². The van der Waals surface area contributed by atoms with E-state index >= 15 is 0 Å². The van der Waals surface area contributed by atoms with Gasteiger partial charge in [-0.2, -0.15) is 0 Å². The summed E-state index contributed by atoms with van der Waals surface area (Å²) >= 11 is 0. The maximum absolute atomic E-state index is 6.21. The molecule has 0 bridgehead atoms. The third-order valence-corrected chi connectivity index (χ3v) is 10.5. The molecule has 7 aromatic carbocycles. The predicted octanol–water partition coefficient (Wildman–Crippen LogP) is 13.5. The Labute approximate surface area is 320 Å². The summed E-state index contributed by atoms with van der Waals surface area (Å²) in [5.41, 5.74) is 18.1. The van der Waals surface area contributed by atoms with Crippen molar-refractivity contribution in [1.82, 2.24) is 10.3 Å². The summed E-state index contributed by atoms with van der Waals surface area (Å²) in [6.07, 6.45) is 10.2. The summed E-state index contributed by atoms with van der Waals surface area (Å²) in [7, 11) is 0. The van der Waals surface area contributed by atoms with Gasteiger partial charge in [-0.05, 0) is 139 Å². The van der Waals surface area contributed by atoms with Crippen molar-refractivity contribution in [2.24, 2.45) is 0 Å². The van der Waals surface area contributed by atoms with Crippen LogP contribution in [0.25, 0.3) is 94.3 Å². The van der Waals surface area contributed by atoms with Gasteiger partial charge in [-0.15, -0.1) is 0 Å². The fraction of sp³-hybridized carbons (Fsp3) is 0.0192. The first kappa shape index (κ1) is 32.4. The number of para-hydroxylation sites is 1. The van der Waals surface area contributed by atoms with E-state index < -0.39 is 0 Å². The molecule has 2 aromatic heterocycles. The third kappa shape index (κ3) is 6.43. The molecule has 0 saturated heterocycles. The van der Waals surface area contributed by atoms with Crippen LogP contribution in [-0.4, -0.2) is 11.5 Å². The summed E-state index contributed by atoms with van der Waals surface area (Å²) in [5, 5.41) is 5.59. The van der Waals surface area contributed by atoms with Crippen LogP contribution >= 0.6 is 0 Å². The average Bonchev–Trinajstić information content (AvgIpc) is 3.65. The number of dihydropyridines is 1. The molecule has 0 spiro atoms. The third-order valence-electron chi connectivity index (χ3n) is 10.5. The molecular formula is C52H36N2O. The second kappa shape index (κ2) is 14.0. The van der Waals surface area contributed by atoms with Gasteiger partial charge in [-0.1, -0.05) is 115 Å². The highest BCUT2D eigenvalue weighted by atomic mass is 16.3. The minimum absolute atomic E-state index is 0.864. The van der Waals surface area contributed by atoms with E-state index in [1.807, 2.05) is 30.6 Å². The van der Waals surface area contributed by atoms with Gasteiger partial charge in [0.1, 0.15) is 11.2 Å². The van der Waals surface area contributed by atoms with Crippen molar-refractivity contribution in [3.8, 4) is 66.8 Å². The summed E-state index contributed by atoms with van der Waals surface area (Å²) in [5.74, 6) is 0. The van der Waals surface area contributed by atoms with Crippen molar-refractivity contribution in [3.63, 3.8) is 0 Å². The predicted molar refractivity (Wildman–Crippen MR) is 229 cm³/mol. The average molecular weight is 705 g/mol. The molecule has 3 heterocycles. The number of rotatable bonds is 7. The number of aromatic nitrogens is 1. The lowest BCUT2D eigenvalue weighted by molar-refractivity contribution is 0.669. The minimum atomic E-state index is 0.864. The zero-order valence-electron chi connectivity index (χ0n) is 30.1. The highest BCUT2D eigenvalue weighted by molar-refractivity contribution is 6.06. The Kier molecular flexibility index (Phi) is 8.23. The van der Waals surface area contributed by atoms with Crippen LogP contribution in [0.1, 0.15) is 5.56 Å². The SMILES string of the molecule is C1=CC(c2cccc(-c3cccc(-c4cc(-c5cccc(-c6cccc(-c7cccnc7)c6)c5)cc(-c5ccc6oc7ccccc7c6c5)c4)c3)c2)=CNC1. The Morgan fingerprint density at radius 3 is 1.47 bits per heavy atom. The first-order valence-electron chi connectivity index (χ1n) is 18.7. The molecule has 0 aliphatic carbocycles. The van der Waals surface area contributed by atoms with Gasteiger partial charge in [0, 0.05) is 41.5 Å². The number of nitrogens with zero attached hydrogens (tertiary/aromatic N) is 1. The Balaban J connectivity index is 1.09. The van der Waals surface area contributed by atoms with Crippen LogP contribution in [0.4, 0.5) is 0 Å². The highest BCUT2D eigenvalue weighted by Gasteiger charge is 2.13. The quantitative estimate of drug-likeness (QED) is 0.179. The largest absolute Gasteiger partial charge is 0.456 e. The number of furan rings is 1. The molecule has 0 atom stereocenters. The summed E-state index contributed by atoms with van der Waals surface area (Å²) < 4.78 is 6.21. The number of nitrogens with one attached hydrogen (secondary N) is 1. The first-order chi connectivity index (χ1) is 27.2. The van der Waals surface area contributed by atoms with Crippen molar-refractivity contribution in [3.05, 3.63) is 206 Å². The lowest BCUT2D eigenvalue weighted by Gasteiger charge is -2.14. The number of allylic oxidation sites excluding steroid dienone is 2. The maximum atomic E-state index is 6.21. The normalized spacial score (nSPS) is 12.5. The van der Waals surface area contributed by atoms with E-state index in [9.17, 15) is 0 Å². The van der Waals surface area contributed by atoms with E-state index in [-0.39, 0.29) is 0 Å². The summed E-state index contributed by atoms with van der Waals surface area (Å²) in [6.45, 7) is 0.864. The molecule has 0 saturated carbocycles.